The Kier molecular flexibility index (Phi) is 5.34. The highest BCUT2D eigenvalue weighted by Crippen LogP contribution is 2.32. The Labute approximate surface area is 144 Å². The molecular formula is C20H29N2O2+. The number of carbonyl (C=O) groups excluding carboxylic acids is 2. The van der Waals surface area contributed by atoms with E-state index in [1.165, 1.54) is 37.0 Å². The van der Waals surface area contributed by atoms with E-state index in [9.17, 15) is 9.59 Å². The molecule has 2 N–H and O–H groups in total. The molecule has 2 aliphatic rings. The molecule has 1 amide bonds. The molecule has 1 saturated carbocycles. The standard InChI is InChI=1S/C20H28N2O2/c1-14(22-12-11-17-5-3-4-6-18(17)13-22)20(24)21-19-9-7-16(8-10-19)15(2)23/h7-10,14,17-18H,3-6,11-13H2,1-2H3,(H,21,24)/p+1/t14-,17-,18+/m0/s1. The number of ketones is 1. The first-order valence-corrected chi connectivity index (χ1v) is 9.31. The van der Waals surface area contributed by atoms with E-state index in [1.54, 1.807) is 19.1 Å². The Bertz CT molecular complexity index is 596. The first kappa shape index (κ1) is 17.2. The molecule has 0 spiro atoms. The number of hydrogen-bond acceptors (Lipinski definition) is 2. The van der Waals surface area contributed by atoms with Gasteiger partial charge in [0.2, 0.25) is 0 Å². The number of nitrogens with one attached hydrogen (secondary N) is 2. The van der Waals surface area contributed by atoms with Gasteiger partial charge in [-0.3, -0.25) is 9.59 Å². The lowest BCUT2D eigenvalue weighted by atomic mass is 9.75. The summed E-state index contributed by atoms with van der Waals surface area (Å²) in [4.78, 5) is 25.3. The van der Waals surface area contributed by atoms with E-state index in [0.717, 1.165) is 30.6 Å². The lowest BCUT2D eigenvalue weighted by molar-refractivity contribution is -0.924. The molecule has 1 saturated heterocycles. The minimum absolute atomic E-state index is 0.0274. The zero-order valence-corrected chi connectivity index (χ0v) is 14.8. The summed E-state index contributed by atoms with van der Waals surface area (Å²) >= 11 is 0. The van der Waals surface area contributed by atoms with Gasteiger partial charge in [-0.25, -0.2) is 0 Å². The Morgan fingerprint density at radius 3 is 2.42 bits per heavy atom. The predicted octanol–water partition coefficient (Wildman–Crippen LogP) is 2.31. The summed E-state index contributed by atoms with van der Waals surface area (Å²) in [5.74, 6) is 1.83. The van der Waals surface area contributed by atoms with Crippen molar-refractivity contribution < 1.29 is 14.5 Å². The average molecular weight is 329 g/mol. The van der Waals surface area contributed by atoms with Crippen molar-refractivity contribution in [3.63, 3.8) is 0 Å². The van der Waals surface area contributed by atoms with Crippen LogP contribution in [0.1, 0.15) is 56.3 Å². The quantitative estimate of drug-likeness (QED) is 0.833. The van der Waals surface area contributed by atoms with Crippen LogP contribution in [0.2, 0.25) is 0 Å². The number of Topliss-reactive ketones (excluding diaryl/α,β-unsaturated/α-hetero) is 1. The third kappa shape index (κ3) is 3.86. The molecule has 4 nitrogen and oxygen atoms in total. The molecule has 1 aliphatic carbocycles. The van der Waals surface area contributed by atoms with Gasteiger partial charge >= 0.3 is 0 Å². The van der Waals surface area contributed by atoms with Crippen LogP contribution < -0.4 is 10.2 Å². The minimum atomic E-state index is -0.0274. The van der Waals surface area contributed by atoms with Gasteiger partial charge in [0, 0.05) is 17.2 Å². The highest BCUT2D eigenvalue weighted by Gasteiger charge is 2.37. The summed E-state index contributed by atoms with van der Waals surface area (Å²) in [6.45, 7) is 5.84. The van der Waals surface area contributed by atoms with Gasteiger partial charge in [-0.15, -0.1) is 0 Å². The average Bonchev–Trinajstić information content (AvgIpc) is 2.61. The minimum Gasteiger partial charge on any atom is -0.325 e. The topological polar surface area (TPSA) is 50.6 Å². The van der Waals surface area contributed by atoms with Crippen LogP contribution in [0, 0.1) is 11.8 Å². The lowest BCUT2D eigenvalue weighted by Gasteiger charge is -2.40. The van der Waals surface area contributed by atoms with Crippen molar-refractivity contribution in [1.29, 1.82) is 0 Å². The van der Waals surface area contributed by atoms with Gasteiger partial charge in [0.15, 0.2) is 11.8 Å². The van der Waals surface area contributed by atoms with Crippen molar-refractivity contribution in [2.75, 3.05) is 18.4 Å². The second-order valence-electron chi connectivity index (χ2n) is 7.55. The lowest BCUT2D eigenvalue weighted by Crippen LogP contribution is -3.18. The first-order valence-electron chi connectivity index (χ1n) is 9.31. The molecule has 2 fully saturated rings. The number of quaternary nitrogens is 1. The van der Waals surface area contributed by atoms with Crippen LogP contribution >= 0.6 is 0 Å². The van der Waals surface area contributed by atoms with Crippen LogP contribution in [-0.4, -0.2) is 30.8 Å². The second-order valence-corrected chi connectivity index (χ2v) is 7.55. The van der Waals surface area contributed by atoms with Gasteiger partial charge in [-0.1, -0.05) is 12.8 Å². The molecule has 1 unspecified atom stereocenters. The van der Waals surface area contributed by atoms with Crippen molar-refractivity contribution in [3.8, 4) is 0 Å². The molecule has 0 radical (unpaired) electrons. The maximum absolute atomic E-state index is 12.6. The number of amides is 1. The van der Waals surface area contributed by atoms with E-state index < -0.39 is 0 Å². The normalized spacial score (nSPS) is 27.8. The van der Waals surface area contributed by atoms with Crippen LogP contribution in [0.25, 0.3) is 0 Å². The zero-order valence-electron chi connectivity index (χ0n) is 14.8. The Morgan fingerprint density at radius 2 is 1.75 bits per heavy atom. The summed E-state index contributed by atoms with van der Waals surface area (Å²) in [6.07, 6.45) is 6.75. The third-order valence-electron chi connectivity index (χ3n) is 5.99. The van der Waals surface area contributed by atoms with Crippen molar-refractivity contribution in [3.05, 3.63) is 29.8 Å². The zero-order chi connectivity index (χ0) is 17.1. The summed E-state index contributed by atoms with van der Waals surface area (Å²) < 4.78 is 0. The van der Waals surface area contributed by atoms with Crippen LogP contribution in [0.15, 0.2) is 24.3 Å². The molecule has 1 aromatic rings. The van der Waals surface area contributed by atoms with Crippen molar-refractivity contribution in [1.82, 2.24) is 0 Å². The number of anilines is 1. The SMILES string of the molecule is CC(=O)c1ccc(NC(=O)[C@H](C)[NH+]2CC[C@@H]3CCCC[C@@H]3C2)cc1. The number of rotatable bonds is 4. The van der Waals surface area contributed by atoms with Crippen LogP contribution in [0.4, 0.5) is 5.69 Å². The van der Waals surface area contributed by atoms with Gasteiger partial charge in [-0.2, -0.15) is 0 Å². The maximum Gasteiger partial charge on any atom is 0.282 e. The molecule has 4 heteroatoms. The summed E-state index contributed by atoms with van der Waals surface area (Å²) in [7, 11) is 0. The molecule has 1 aliphatic heterocycles. The van der Waals surface area contributed by atoms with Crippen LogP contribution in [-0.2, 0) is 4.79 Å². The molecule has 4 atom stereocenters. The highest BCUT2D eigenvalue weighted by molar-refractivity contribution is 5.96. The van der Waals surface area contributed by atoms with Gasteiger partial charge in [0.25, 0.3) is 5.91 Å². The Balaban J connectivity index is 1.57. The fraction of sp³-hybridized carbons (Fsp3) is 0.600. The highest BCUT2D eigenvalue weighted by atomic mass is 16.2. The second kappa shape index (κ2) is 7.47. The van der Waals surface area contributed by atoms with E-state index in [-0.39, 0.29) is 17.7 Å². The Morgan fingerprint density at radius 1 is 1.08 bits per heavy atom. The molecule has 1 heterocycles. The van der Waals surface area contributed by atoms with Crippen LogP contribution in [0.5, 0.6) is 0 Å². The van der Waals surface area contributed by atoms with Gasteiger partial charge in [0.1, 0.15) is 0 Å². The fourth-order valence-electron chi connectivity index (χ4n) is 4.36. The van der Waals surface area contributed by atoms with E-state index >= 15 is 0 Å². The number of benzene rings is 1. The van der Waals surface area contributed by atoms with E-state index in [0.29, 0.717) is 5.56 Å². The van der Waals surface area contributed by atoms with Crippen molar-refractivity contribution in [2.24, 2.45) is 11.8 Å². The maximum atomic E-state index is 12.6. The molecule has 130 valence electrons. The summed E-state index contributed by atoms with van der Waals surface area (Å²) in [5.41, 5.74) is 1.44. The first-order chi connectivity index (χ1) is 11.5. The number of hydrogen-bond donors (Lipinski definition) is 2. The third-order valence-corrected chi connectivity index (χ3v) is 5.99. The van der Waals surface area contributed by atoms with Crippen molar-refractivity contribution in [2.45, 2.75) is 52.0 Å². The monoisotopic (exact) mass is 329 g/mol. The van der Waals surface area contributed by atoms with Gasteiger partial charge in [0.05, 0.1) is 13.1 Å². The predicted molar refractivity (Wildman–Crippen MR) is 95.3 cm³/mol. The number of piperidine rings is 1. The summed E-state index contributed by atoms with van der Waals surface area (Å²) in [6, 6.07) is 7.13. The molecule has 0 aromatic heterocycles. The Hall–Kier alpha value is -1.68. The van der Waals surface area contributed by atoms with E-state index in [1.807, 2.05) is 19.1 Å². The largest absolute Gasteiger partial charge is 0.325 e. The van der Waals surface area contributed by atoms with E-state index in [2.05, 4.69) is 5.32 Å². The number of fused-ring (bicyclic) bond motifs is 1. The molecule has 0 bridgehead atoms. The molecule has 1 aromatic carbocycles. The summed E-state index contributed by atoms with van der Waals surface area (Å²) in [5, 5.41) is 3.01. The van der Waals surface area contributed by atoms with E-state index in [4.69, 9.17) is 0 Å². The number of likely N-dealkylation sites (tertiary alicyclic amines) is 1. The fourth-order valence-corrected chi connectivity index (χ4v) is 4.36. The molecule has 3 rings (SSSR count). The number of carbonyl (C=O) groups is 2. The smallest absolute Gasteiger partial charge is 0.282 e. The van der Waals surface area contributed by atoms with Crippen molar-refractivity contribution >= 4 is 17.4 Å². The van der Waals surface area contributed by atoms with Gasteiger partial charge in [-0.05, 0) is 63.3 Å². The van der Waals surface area contributed by atoms with Crippen LogP contribution in [0.3, 0.4) is 0 Å². The molecular weight excluding hydrogens is 300 g/mol. The van der Waals surface area contributed by atoms with Gasteiger partial charge < -0.3 is 10.2 Å². The molecule has 24 heavy (non-hydrogen) atoms.